The molecule has 8 heteroatoms. The van der Waals surface area contributed by atoms with Gasteiger partial charge in [-0.05, 0) is 31.6 Å². The van der Waals surface area contributed by atoms with Crippen molar-refractivity contribution in [3.8, 4) is 5.88 Å². The van der Waals surface area contributed by atoms with Gasteiger partial charge in [0.2, 0.25) is 11.8 Å². The molecular weight excluding hydrogens is 394 g/mol. The summed E-state index contributed by atoms with van der Waals surface area (Å²) in [5.41, 5.74) is 4.72. The lowest BCUT2D eigenvalue weighted by molar-refractivity contribution is -0.114. The molecule has 8 nitrogen and oxygen atoms in total. The van der Waals surface area contributed by atoms with E-state index in [9.17, 15) is 9.90 Å². The summed E-state index contributed by atoms with van der Waals surface area (Å²) < 4.78 is 5.16. The fourth-order valence-electron chi connectivity index (χ4n) is 2.95. The highest BCUT2D eigenvalue weighted by Crippen LogP contribution is 2.27. The number of aromatic nitrogens is 3. The summed E-state index contributed by atoms with van der Waals surface area (Å²) in [6.45, 7) is 7.23. The summed E-state index contributed by atoms with van der Waals surface area (Å²) >= 11 is 0. The van der Waals surface area contributed by atoms with Crippen LogP contribution in [0.5, 0.6) is 5.88 Å². The highest BCUT2D eigenvalue weighted by atomic mass is 16.5. The van der Waals surface area contributed by atoms with Crippen molar-refractivity contribution in [2.24, 2.45) is 0 Å². The molecule has 0 atom stereocenters. The Balaban J connectivity index is 1.91. The first-order valence-electron chi connectivity index (χ1n) is 9.69. The molecule has 0 unspecified atom stereocenters. The quantitative estimate of drug-likeness (QED) is 0.450. The van der Waals surface area contributed by atoms with Crippen LogP contribution in [0.3, 0.4) is 0 Å². The third kappa shape index (κ3) is 5.43. The van der Waals surface area contributed by atoms with E-state index in [1.54, 1.807) is 12.3 Å². The number of pyridine rings is 1. The molecule has 0 bridgehead atoms. The number of nitrogens with one attached hydrogen (secondary N) is 2. The molecule has 0 saturated heterocycles. The fraction of sp³-hybridized carbons (Fsp3) is 0.217. The predicted molar refractivity (Wildman–Crippen MR) is 120 cm³/mol. The number of aryl methyl sites for hydroxylation is 2. The molecule has 2 heterocycles. The Morgan fingerprint density at radius 1 is 1.13 bits per heavy atom. The zero-order chi connectivity index (χ0) is 22.4. The van der Waals surface area contributed by atoms with Crippen LogP contribution in [0.15, 0.2) is 49.3 Å². The van der Waals surface area contributed by atoms with Crippen LogP contribution in [0, 0.1) is 13.8 Å². The molecule has 0 aliphatic rings. The number of hydrogen-bond acceptors (Lipinski definition) is 8. The standard InChI is InChI=1S/C23H25N5O3/c1-5-18(30)9-16-8-14(2)6-7-19(16)26-22-15(3)11-25-23(28-22)27-20-10-21(31-4)24-12-17(20)13-29/h5-8,10-12,29H,1,9,13H2,2-4H3,(H2,24,25,26,27,28). The third-order valence-electron chi connectivity index (χ3n) is 4.67. The van der Waals surface area contributed by atoms with Gasteiger partial charge in [-0.3, -0.25) is 4.79 Å². The van der Waals surface area contributed by atoms with Crippen LogP contribution >= 0.6 is 0 Å². The van der Waals surface area contributed by atoms with Gasteiger partial charge < -0.3 is 20.5 Å². The van der Waals surface area contributed by atoms with Crippen molar-refractivity contribution in [3.05, 3.63) is 71.6 Å². The van der Waals surface area contributed by atoms with Gasteiger partial charge in [0.1, 0.15) is 5.82 Å². The van der Waals surface area contributed by atoms with E-state index >= 15 is 0 Å². The number of hydrogen-bond donors (Lipinski definition) is 3. The Hall–Kier alpha value is -3.78. The number of nitrogens with zero attached hydrogens (tertiary/aromatic N) is 3. The van der Waals surface area contributed by atoms with Crippen molar-refractivity contribution < 1.29 is 14.6 Å². The molecular formula is C23H25N5O3. The second-order valence-electron chi connectivity index (χ2n) is 7.02. The number of aliphatic hydroxyl groups excluding tert-OH is 1. The van der Waals surface area contributed by atoms with Gasteiger partial charge >= 0.3 is 0 Å². The number of ether oxygens (including phenoxy) is 1. The van der Waals surface area contributed by atoms with E-state index in [0.717, 1.165) is 22.4 Å². The summed E-state index contributed by atoms with van der Waals surface area (Å²) in [5.74, 6) is 1.28. The van der Waals surface area contributed by atoms with Gasteiger partial charge in [-0.1, -0.05) is 24.3 Å². The van der Waals surface area contributed by atoms with E-state index in [1.165, 1.54) is 19.4 Å². The monoisotopic (exact) mass is 419 g/mol. The molecule has 0 fully saturated rings. The Morgan fingerprint density at radius 3 is 2.65 bits per heavy atom. The molecule has 0 aliphatic carbocycles. The van der Waals surface area contributed by atoms with Crippen molar-refractivity contribution in [1.82, 2.24) is 15.0 Å². The number of carbonyl (C=O) groups is 1. The largest absolute Gasteiger partial charge is 0.481 e. The summed E-state index contributed by atoms with van der Waals surface area (Å²) in [6, 6.07) is 7.53. The number of rotatable bonds is 9. The molecule has 0 spiro atoms. The molecule has 0 aliphatic heterocycles. The van der Waals surface area contributed by atoms with Crippen LogP contribution in [0.25, 0.3) is 0 Å². The molecule has 2 aromatic heterocycles. The molecule has 0 radical (unpaired) electrons. The van der Waals surface area contributed by atoms with E-state index in [-0.39, 0.29) is 18.8 Å². The number of methoxy groups -OCH3 is 1. The number of anilines is 4. The first-order valence-corrected chi connectivity index (χ1v) is 9.69. The Labute approximate surface area is 181 Å². The van der Waals surface area contributed by atoms with Crippen molar-refractivity contribution in [3.63, 3.8) is 0 Å². The molecule has 160 valence electrons. The van der Waals surface area contributed by atoms with Crippen LogP contribution in [0.2, 0.25) is 0 Å². The van der Waals surface area contributed by atoms with Crippen LogP contribution in [-0.2, 0) is 17.8 Å². The minimum Gasteiger partial charge on any atom is -0.481 e. The van der Waals surface area contributed by atoms with Gasteiger partial charge in [-0.2, -0.15) is 4.98 Å². The minimum absolute atomic E-state index is 0.0569. The van der Waals surface area contributed by atoms with Crippen molar-refractivity contribution in [1.29, 1.82) is 0 Å². The predicted octanol–water partition coefficient (Wildman–Crippen LogP) is 3.77. The summed E-state index contributed by atoms with van der Waals surface area (Å²) in [7, 11) is 1.52. The molecule has 1 aromatic carbocycles. The summed E-state index contributed by atoms with van der Waals surface area (Å²) in [4.78, 5) is 24.9. The lowest BCUT2D eigenvalue weighted by Crippen LogP contribution is -2.07. The Bertz CT molecular complexity index is 1110. The van der Waals surface area contributed by atoms with Crippen molar-refractivity contribution in [2.75, 3.05) is 17.7 Å². The van der Waals surface area contributed by atoms with E-state index < -0.39 is 0 Å². The zero-order valence-corrected chi connectivity index (χ0v) is 17.8. The van der Waals surface area contributed by atoms with Crippen LogP contribution in [0.1, 0.15) is 22.3 Å². The van der Waals surface area contributed by atoms with E-state index in [0.29, 0.717) is 28.9 Å². The number of ketones is 1. The maximum atomic E-state index is 11.9. The first-order chi connectivity index (χ1) is 14.9. The van der Waals surface area contributed by atoms with Gasteiger partial charge in [0.15, 0.2) is 5.78 Å². The van der Waals surface area contributed by atoms with Gasteiger partial charge in [-0.15, -0.1) is 0 Å². The number of carbonyl (C=O) groups excluding carboxylic acids is 1. The van der Waals surface area contributed by atoms with Gasteiger partial charge in [0, 0.05) is 41.7 Å². The van der Waals surface area contributed by atoms with Crippen LogP contribution in [-0.4, -0.2) is 33.0 Å². The second-order valence-corrected chi connectivity index (χ2v) is 7.02. The second kappa shape index (κ2) is 9.82. The lowest BCUT2D eigenvalue weighted by Gasteiger charge is -2.15. The van der Waals surface area contributed by atoms with Crippen LogP contribution in [0.4, 0.5) is 23.1 Å². The highest BCUT2D eigenvalue weighted by Gasteiger charge is 2.12. The minimum atomic E-state index is -0.194. The highest BCUT2D eigenvalue weighted by molar-refractivity contribution is 5.92. The maximum Gasteiger partial charge on any atom is 0.229 e. The average molecular weight is 419 g/mol. The number of benzene rings is 1. The van der Waals surface area contributed by atoms with Gasteiger partial charge in [-0.25, -0.2) is 9.97 Å². The lowest BCUT2D eigenvalue weighted by atomic mass is 10.0. The normalized spacial score (nSPS) is 10.5. The van der Waals surface area contributed by atoms with Gasteiger partial charge in [0.25, 0.3) is 0 Å². The molecule has 0 saturated carbocycles. The Kier molecular flexibility index (Phi) is 6.94. The first kappa shape index (κ1) is 21.9. The van der Waals surface area contributed by atoms with Crippen molar-refractivity contribution >= 4 is 28.9 Å². The zero-order valence-electron chi connectivity index (χ0n) is 17.8. The van der Waals surface area contributed by atoms with Crippen molar-refractivity contribution in [2.45, 2.75) is 26.9 Å². The molecule has 3 rings (SSSR count). The SMILES string of the molecule is C=CC(=O)Cc1cc(C)ccc1Nc1nc(Nc2cc(OC)ncc2CO)ncc1C. The van der Waals surface area contributed by atoms with Gasteiger partial charge in [0.05, 0.1) is 19.4 Å². The smallest absolute Gasteiger partial charge is 0.229 e. The van der Waals surface area contributed by atoms with Crippen LogP contribution < -0.4 is 15.4 Å². The third-order valence-corrected chi connectivity index (χ3v) is 4.67. The topological polar surface area (TPSA) is 109 Å². The van der Waals surface area contributed by atoms with E-state index in [4.69, 9.17) is 4.74 Å². The maximum absolute atomic E-state index is 11.9. The summed E-state index contributed by atoms with van der Waals surface area (Å²) in [6.07, 6.45) is 4.80. The summed E-state index contributed by atoms with van der Waals surface area (Å²) in [5, 5.41) is 16.0. The molecule has 3 aromatic rings. The molecule has 0 amide bonds. The Morgan fingerprint density at radius 2 is 1.94 bits per heavy atom. The molecule has 31 heavy (non-hydrogen) atoms. The average Bonchev–Trinajstić information content (AvgIpc) is 2.77. The number of aliphatic hydroxyl groups is 1. The molecule has 3 N–H and O–H groups in total. The fourth-order valence-corrected chi connectivity index (χ4v) is 2.95. The van der Waals surface area contributed by atoms with E-state index in [2.05, 4.69) is 32.2 Å². The number of allylic oxidation sites excluding steroid dienone is 1. The van der Waals surface area contributed by atoms with E-state index in [1.807, 2.05) is 32.0 Å².